The zero-order valence-corrected chi connectivity index (χ0v) is 14.9. The number of carboxylic acids is 1. The molecule has 0 bridgehead atoms. The molecule has 7 heteroatoms. The molecule has 0 aliphatic rings. The van der Waals surface area contributed by atoms with Gasteiger partial charge in [-0.2, -0.15) is 0 Å². The van der Waals surface area contributed by atoms with Crippen LogP contribution < -0.4 is 10.2 Å². The monoisotopic (exact) mass is 382 g/mol. The highest BCUT2D eigenvalue weighted by Crippen LogP contribution is 2.32. The number of benzene rings is 2. The van der Waals surface area contributed by atoms with Crippen molar-refractivity contribution in [1.29, 1.82) is 0 Å². The van der Waals surface area contributed by atoms with Gasteiger partial charge in [0.2, 0.25) is 11.2 Å². The van der Waals surface area contributed by atoms with Gasteiger partial charge in [0, 0.05) is 18.4 Å². The fraction of sp³-hybridized carbons (Fsp3) is 0.190. The van der Waals surface area contributed by atoms with E-state index >= 15 is 0 Å². The van der Waals surface area contributed by atoms with Crippen molar-refractivity contribution in [2.45, 2.75) is 25.7 Å². The van der Waals surface area contributed by atoms with Crippen LogP contribution in [-0.2, 0) is 9.59 Å². The van der Waals surface area contributed by atoms with Crippen molar-refractivity contribution in [3.8, 4) is 22.8 Å². The average molecular weight is 382 g/mol. The summed E-state index contributed by atoms with van der Waals surface area (Å²) in [5, 5.41) is 18.4. The lowest BCUT2D eigenvalue weighted by Crippen LogP contribution is -2.16. The number of hydrogen-bond acceptors (Lipinski definition) is 6. The standard InChI is InChI=1S/C21H18O7/c22-14-11-9-13(10-12-14)20-21(28-18(25)8-4-3-7-17(23)24)19(26)15-5-1-2-6-16(15)27-20/h1-2,5-6,9-12,22H,3-4,7-8H2,(H,23,24). The van der Waals surface area contributed by atoms with Crippen molar-refractivity contribution >= 4 is 22.9 Å². The Balaban J connectivity index is 1.95. The Morgan fingerprint density at radius 1 is 0.964 bits per heavy atom. The minimum Gasteiger partial charge on any atom is -0.508 e. The fourth-order valence-electron chi connectivity index (χ4n) is 2.73. The number of phenols is 1. The molecule has 1 heterocycles. The predicted octanol–water partition coefficient (Wildman–Crippen LogP) is 3.72. The van der Waals surface area contributed by atoms with Gasteiger partial charge in [0.05, 0.1) is 5.39 Å². The van der Waals surface area contributed by atoms with Crippen molar-refractivity contribution in [3.63, 3.8) is 0 Å². The van der Waals surface area contributed by atoms with E-state index in [-0.39, 0.29) is 35.5 Å². The summed E-state index contributed by atoms with van der Waals surface area (Å²) in [7, 11) is 0. The van der Waals surface area contributed by atoms with Crippen LogP contribution >= 0.6 is 0 Å². The zero-order valence-electron chi connectivity index (χ0n) is 14.9. The number of unbranched alkanes of at least 4 members (excludes halogenated alkanes) is 1. The summed E-state index contributed by atoms with van der Waals surface area (Å²) < 4.78 is 11.1. The number of esters is 1. The molecule has 3 rings (SSSR count). The van der Waals surface area contributed by atoms with Gasteiger partial charge in [0.25, 0.3) is 0 Å². The number of rotatable bonds is 7. The molecule has 3 aromatic rings. The van der Waals surface area contributed by atoms with Crippen molar-refractivity contribution in [1.82, 2.24) is 0 Å². The highest BCUT2D eigenvalue weighted by atomic mass is 16.5. The lowest BCUT2D eigenvalue weighted by Gasteiger charge is -2.10. The molecular formula is C21H18O7. The van der Waals surface area contributed by atoms with Gasteiger partial charge in [-0.3, -0.25) is 14.4 Å². The molecule has 2 N–H and O–H groups in total. The number of para-hydroxylation sites is 1. The molecule has 0 spiro atoms. The molecule has 28 heavy (non-hydrogen) atoms. The first-order valence-corrected chi connectivity index (χ1v) is 8.73. The topological polar surface area (TPSA) is 114 Å². The van der Waals surface area contributed by atoms with Crippen molar-refractivity contribution in [3.05, 3.63) is 58.8 Å². The van der Waals surface area contributed by atoms with Gasteiger partial charge in [0.15, 0.2) is 5.76 Å². The van der Waals surface area contributed by atoms with Gasteiger partial charge in [-0.15, -0.1) is 0 Å². The van der Waals surface area contributed by atoms with E-state index < -0.39 is 17.4 Å². The Bertz CT molecular complexity index is 1060. The third kappa shape index (κ3) is 4.37. The molecule has 0 radical (unpaired) electrons. The van der Waals surface area contributed by atoms with Gasteiger partial charge in [-0.1, -0.05) is 12.1 Å². The molecule has 7 nitrogen and oxygen atoms in total. The summed E-state index contributed by atoms with van der Waals surface area (Å²) in [5.74, 6) is -1.68. The summed E-state index contributed by atoms with van der Waals surface area (Å²) in [6, 6.07) is 12.6. The maximum Gasteiger partial charge on any atom is 0.311 e. The van der Waals surface area contributed by atoms with Crippen LogP contribution in [0.25, 0.3) is 22.3 Å². The first-order chi connectivity index (χ1) is 13.5. The molecule has 0 saturated carbocycles. The molecule has 2 aromatic carbocycles. The number of aliphatic carboxylic acids is 1. The summed E-state index contributed by atoms with van der Waals surface area (Å²) in [4.78, 5) is 35.6. The number of carboxylic acid groups (broad SMARTS) is 1. The molecule has 1 aromatic heterocycles. The lowest BCUT2D eigenvalue weighted by molar-refractivity contribution is -0.138. The fourth-order valence-corrected chi connectivity index (χ4v) is 2.73. The molecule has 0 saturated heterocycles. The van der Waals surface area contributed by atoms with Gasteiger partial charge < -0.3 is 19.4 Å². The Kier molecular flexibility index (Phi) is 5.74. The van der Waals surface area contributed by atoms with Crippen molar-refractivity contribution in [2.24, 2.45) is 0 Å². The second-order valence-corrected chi connectivity index (χ2v) is 6.21. The average Bonchev–Trinajstić information content (AvgIpc) is 2.68. The summed E-state index contributed by atoms with van der Waals surface area (Å²) in [6.45, 7) is 0. The Hall–Kier alpha value is -3.61. The molecule has 0 amide bonds. The summed E-state index contributed by atoms with van der Waals surface area (Å²) in [6.07, 6.45) is 0.610. The Morgan fingerprint density at radius 2 is 1.64 bits per heavy atom. The van der Waals surface area contributed by atoms with E-state index in [1.165, 1.54) is 12.1 Å². The number of fused-ring (bicyclic) bond motifs is 1. The van der Waals surface area contributed by atoms with Gasteiger partial charge >= 0.3 is 11.9 Å². The zero-order chi connectivity index (χ0) is 20.1. The smallest absolute Gasteiger partial charge is 0.311 e. The van der Waals surface area contributed by atoms with Crippen LogP contribution in [0.2, 0.25) is 0 Å². The second-order valence-electron chi connectivity index (χ2n) is 6.21. The van der Waals surface area contributed by atoms with Crippen LogP contribution in [0.3, 0.4) is 0 Å². The minimum absolute atomic E-state index is 0.0193. The first-order valence-electron chi connectivity index (χ1n) is 8.73. The molecule has 0 aliphatic heterocycles. The highest BCUT2D eigenvalue weighted by molar-refractivity contribution is 5.84. The van der Waals surface area contributed by atoms with Crippen LogP contribution in [0.15, 0.2) is 57.7 Å². The Labute approximate surface area is 159 Å². The first kappa shape index (κ1) is 19.2. The van der Waals surface area contributed by atoms with E-state index in [0.717, 1.165) is 0 Å². The summed E-state index contributed by atoms with van der Waals surface area (Å²) >= 11 is 0. The number of aromatic hydroxyl groups is 1. The van der Waals surface area contributed by atoms with Crippen LogP contribution in [0.1, 0.15) is 25.7 Å². The predicted molar refractivity (Wildman–Crippen MR) is 101 cm³/mol. The van der Waals surface area contributed by atoms with E-state index in [2.05, 4.69) is 0 Å². The lowest BCUT2D eigenvalue weighted by atomic mass is 10.1. The van der Waals surface area contributed by atoms with E-state index in [9.17, 15) is 19.5 Å². The van der Waals surface area contributed by atoms with Gasteiger partial charge in [-0.05, 0) is 49.2 Å². The van der Waals surface area contributed by atoms with Crippen LogP contribution in [0, 0.1) is 0 Å². The van der Waals surface area contributed by atoms with Crippen LogP contribution in [0.5, 0.6) is 11.5 Å². The molecule has 0 atom stereocenters. The SMILES string of the molecule is O=C(O)CCCCC(=O)Oc1c(-c2ccc(O)cc2)oc2ccccc2c1=O. The number of ether oxygens (including phenoxy) is 1. The van der Waals surface area contributed by atoms with Crippen molar-refractivity contribution in [2.75, 3.05) is 0 Å². The number of hydrogen-bond donors (Lipinski definition) is 2. The van der Waals surface area contributed by atoms with Gasteiger partial charge in [-0.25, -0.2) is 0 Å². The molecule has 0 aliphatic carbocycles. The third-order valence-electron chi connectivity index (χ3n) is 4.12. The maximum absolute atomic E-state index is 12.9. The second kappa shape index (κ2) is 8.39. The molecular weight excluding hydrogens is 364 g/mol. The third-order valence-corrected chi connectivity index (χ3v) is 4.12. The number of carbonyl (C=O) groups is 2. The van der Waals surface area contributed by atoms with Crippen LogP contribution in [-0.4, -0.2) is 22.2 Å². The molecule has 0 unspecified atom stereocenters. The number of phenolic OH excluding ortho intramolecular Hbond substituents is 1. The molecule has 0 fully saturated rings. The van der Waals surface area contributed by atoms with Crippen LogP contribution in [0.4, 0.5) is 0 Å². The van der Waals surface area contributed by atoms with E-state index in [4.69, 9.17) is 14.3 Å². The normalized spacial score (nSPS) is 10.7. The van der Waals surface area contributed by atoms with Gasteiger partial charge in [0.1, 0.15) is 11.3 Å². The summed E-state index contributed by atoms with van der Waals surface area (Å²) in [5.41, 5.74) is 0.329. The largest absolute Gasteiger partial charge is 0.508 e. The van der Waals surface area contributed by atoms with E-state index in [0.29, 0.717) is 24.0 Å². The highest BCUT2D eigenvalue weighted by Gasteiger charge is 2.20. The Morgan fingerprint density at radius 3 is 2.36 bits per heavy atom. The number of carbonyl (C=O) groups excluding carboxylic acids is 1. The minimum atomic E-state index is -0.932. The quantitative estimate of drug-likeness (QED) is 0.473. The van der Waals surface area contributed by atoms with E-state index in [1.54, 1.807) is 36.4 Å². The maximum atomic E-state index is 12.9. The van der Waals surface area contributed by atoms with Crippen molar-refractivity contribution < 1.29 is 29.0 Å². The van der Waals surface area contributed by atoms with E-state index in [1.807, 2.05) is 0 Å². The molecule has 144 valence electrons.